The fraction of sp³-hybridized carbons (Fsp3) is 0.533. The van der Waals surface area contributed by atoms with Gasteiger partial charge < -0.3 is 19.3 Å². The summed E-state index contributed by atoms with van der Waals surface area (Å²) in [7, 11) is 3.26. The van der Waals surface area contributed by atoms with Crippen LogP contribution in [0.25, 0.3) is 0 Å². The summed E-state index contributed by atoms with van der Waals surface area (Å²) in [6, 6.07) is 12.0. The molecule has 2 aromatic rings. The first-order valence-corrected chi connectivity index (χ1v) is 13.8. The van der Waals surface area contributed by atoms with Crippen LogP contribution >= 0.6 is 0 Å². The van der Waals surface area contributed by atoms with Gasteiger partial charge in [0.05, 0.1) is 26.2 Å². The van der Waals surface area contributed by atoms with Crippen molar-refractivity contribution in [3.63, 3.8) is 0 Å². The zero-order valence-electron chi connectivity index (χ0n) is 21.9. The average Bonchev–Trinajstić information content (AvgIpc) is 2.96. The summed E-state index contributed by atoms with van der Waals surface area (Å²) in [6.07, 6.45) is 7.28. The van der Waals surface area contributed by atoms with Crippen LogP contribution in [0.5, 0.6) is 11.5 Å². The van der Waals surface area contributed by atoms with Gasteiger partial charge in [0.25, 0.3) is 5.91 Å². The van der Waals surface area contributed by atoms with Crippen molar-refractivity contribution in [1.82, 2.24) is 14.7 Å². The Labute approximate surface area is 219 Å². The molecule has 2 atom stereocenters. The van der Waals surface area contributed by atoms with Crippen LogP contribution in [-0.4, -0.2) is 79.5 Å². The molecule has 2 unspecified atom stereocenters. The van der Waals surface area contributed by atoms with E-state index in [0.29, 0.717) is 29.6 Å². The standard InChI is InChI=1S/C30H37N3O4/c1-36-25-18-20-12-13-33-28(24(20)19-26(25)37-2)27(22-10-6-7-11-23(22)29(33)34)30(35)32-16-14-31(15-17-32)21-8-4-3-5-9-21/h6-7,10-11,18-19,21,27-28H,3-5,8-9,12-17H2,1-2H3. The summed E-state index contributed by atoms with van der Waals surface area (Å²) in [6.45, 7) is 3.93. The summed E-state index contributed by atoms with van der Waals surface area (Å²) >= 11 is 0. The number of carbonyl (C=O) groups excluding carboxylic acids is 2. The second-order valence-corrected chi connectivity index (χ2v) is 10.8. The summed E-state index contributed by atoms with van der Waals surface area (Å²) in [5.41, 5.74) is 3.61. The molecule has 2 fully saturated rings. The number of methoxy groups -OCH3 is 2. The van der Waals surface area contributed by atoms with E-state index in [9.17, 15) is 9.59 Å². The van der Waals surface area contributed by atoms with Crippen LogP contribution in [0.15, 0.2) is 36.4 Å². The summed E-state index contributed by atoms with van der Waals surface area (Å²) in [5.74, 6) is 1.00. The van der Waals surface area contributed by atoms with Crippen molar-refractivity contribution in [2.45, 2.75) is 56.5 Å². The summed E-state index contributed by atoms with van der Waals surface area (Å²) in [5, 5.41) is 0. The molecule has 3 heterocycles. The lowest BCUT2D eigenvalue weighted by atomic mass is 9.75. The molecule has 1 saturated carbocycles. The normalized spacial score (nSPS) is 24.2. The fourth-order valence-electron chi connectivity index (χ4n) is 7.07. The van der Waals surface area contributed by atoms with Gasteiger partial charge in [0.15, 0.2) is 11.5 Å². The van der Waals surface area contributed by atoms with Gasteiger partial charge >= 0.3 is 0 Å². The molecule has 196 valence electrons. The van der Waals surface area contributed by atoms with E-state index in [1.54, 1.807) is 14.2 Å². The predicted octanol–water partition coefficient (Wildman–Crippen LogP) is 4.02. The molecule has 2 aromatic carbocycles. The quantitative estimate of drug-likeness (QED) is 0.631. The average molecular weight is 504 g/mol. The van der Waals surface area contributed by atoms with E-state index >= 15 is 0 Å². The highest BCUT2D eigenvalue weighted by Gasteiger charge is 2.48. The van der Waals surface area contributed by atoms with Gasteiger partial charge in [0.1, 0.15) is 0 Å². The second-order valence-electron chi connectivity index (χ2n) is 10.8. The largest absolute Gasteiger partial charge is 0.493 e. The highest BCUT2D eigenvalue weighted by molar-refractivity contribution is 6.01. The molecule has 37 heavy (non-hydrogen) atoms. The lowest BCUT2D eigenvalue weighted by Gasteiger charge is -2.47. The number of piperazine rings is 1. The van der Waals surface area contributed by atoms with Crippen molar-refractivity contribution in [2.24, 2.45) is 0 Å². The zero-order valence-corrected chi connectivity index (χ0v) is 21.9. The van der Waals surface area contributed by atoms with E-state index in [0.717, 1.165) is 49.3 Å². The third kappa shape index (κ3) is 4.17. The topological polar surface area (TPSA) is 62.3 Å². The van der Waals surface area contributed by atoms with Crippen LogP contribution in [-0.2, 0) is 11.2 Å². The van der Waals surface area contributed by atoms with E-state index in [1.807, 2.05) is 46.2 Å². The molecule has 1 aliphatic carbocycles. The smallest absolute Gasteiger partial charge is 0.254 e. The lowest BCUT2D eigenvalue weighted by Crippen LogP contribution is -2.56. The number of hydrogen-bond acceptors (Lipinski definition) is 5. The van der Waals surface area contributed by atoms with E-state index in [2.05, 4.69) is 4.90 Å². The first-order chi connectivity index (χ1) is 18.1. The van der Waals surface area contributed by atoms with Gasteiger partial charge in [-0.2, -0.15) is 0 Å². The van der Waals surface area contributed by atoms with Gasteiger partial charge in [-0.3, -0.25) is 14.5 Å². The molecule has 1 saturated heterocycles. The van der Waals surface area contributed by atoms with Crippen LogP contribution in [0, 0.1) is 0 Å². The Morgan fingerprint density at radius 1 is 0.865 bits per heavy atom. The van der Waals surface area contributed by atoms with Gasteiger partial charge in [-0.15, -0.1) is 0 Å². The van der Waals surface area contributed by atoms with E-state index in [4.69, 9.17) is 9.47 Å². The van der Waals surface area contributed by atoms with Crippen LogP contribution in [0.4, 0.5) is 0 Å². The molecule has 0 bridgehead atoms. The lowest BCUT2D eigenvalue weighted by molar-refractivity contribution is -0.137. The van der Waals surface area contributed by atoms with Crippen LogP contribution in [0.2, 0.25) is 0 Å². The maximum Gasteiger partial charge on any atom is 0.254 e. The maximum atomic E-state index is 14.4. The molecule has 0 aromatic heterocycles. The van der Waals surface area contributed by atoms with Gasteiger partial charge in [-0.1, -0.05) is 37.5 Å². The van der Waals surface area contributed by atoms with Crippen LogP contribution in [0.1, 0.15) is 71.1 Å². The second kappa shape index (κ2) is 10.0. The van der Waals surface area contributed by atoms with Crippen molar-refractivity contribution in [1.29, 1.82) is 0 Å². The molecular formula is C30H37N3O4. The van der Waals surface area contributed by atoms with Gasteiger partial charge in [-0.25, -0.2) is 0 Å². The number of rotatable bonds is 4. The van der Waals surface area contributed by atoms with Crippen molar-refractivity contribution in [2.75, 3.05) is 46.9 Å². The van der Waals surface area contributed by atoms with Crippen LogP contribution < -0.4 is 9.47 Å². The minimum atomic E-state index is -0.438. The van der Waals surface area contributed by atoms with E-state index in [1.165, 1.54) is 32.1 Å². The first-order valence-electron chi connectivity index (χ1n) is 13.8. The van der Waals surface area contributed by atoms with Gasteiger partial charge in [-0.05, 0) is 54.2 Å². The highest BCUT2D eigenvalue weighted by atomic mass is 16.5. The number of carbonyl (C=O) groups is 2. The Kier molecular flexibility index (Phi) is 6.57. The van der Waals surface area contributed by atoms with Crippen LogP contribution in [0.3, 0.4) is 0 Å². The Morgan fingerprint density at radius 3 is 2.30 bits per heavy atom. The van der Waals surface area contributed by atoms with Crippen molar-refractivity contribution in [3.05, 3.63) is 58.7 Å². The van der Waals surface area contributed by atoms with Crippen molar-refractivity contribution in [3.8, 4) is 11.5 Å². The molecule has 7 nitrogen and oxygen atoms in total. The number of fused-ring (bicyclic) bond motifs is 4. The number of nitrogens with zero attached hydrogens (tertiary/aromatic N) is 3. The van der Waals surface area contributed by atoms with Gasteiger partial charge in [0, 0.05) is 44.3 Å². The molecule has 4 aliphatic rings. The molecule has 6 rings (SSSR count). The number of hydrogen-bond donors (Lipinski definition) is 0. The third-order valence-electron chi connectivity index (χ3n) is 9.01. The Balaban J connectivity index is 1.35. The zero-order chi connectivity index (χ0) is 25.5. The Hall–Kier alpha value is -3.06. The minimum Gasteiger partial charge on any atom is -0.493 e. The highest BCUT2D eigenvalue weighted by Crippen LogP contribution is 2.49. The number of amides is 2. The molecule has 0 spiro atoms. The molecule has 0 radical (unpaired) electrons. The monoisotopic (exact) mass is 503 g/mol. The van der Waals surface area contributed by atoms with E-state index in [-0.39, 0.29) is 17.9 Å². The fourth-order valence-corrected chi connectivity index (χ4v) is 7.07. The van der Waals surface area contributed by atoms with Crippen molar-refractivity contribution < 1.29 is 19.1 Å². The summed E-state index contributed by atoms with van der Waals surface area (Å²) < 4.78 is 11.2. The van der Waals surface area contributed by atoms with Gasteiger partial charge in [0.2, 0.25) is 5.91 Å². The molecule has 0 N–H and O–H groups in total. The Bertz CT molecular complexity index is 1180. The van der Waals surface area contributed by atoms with E-state index < -0.39 is 5.92 Å². The first kappa shape index (κ1) is 24.3. The minimum absolute atomic E-state index is 0.00667. The molecular weight excluding hydrogens is 466 g/mol. The molecule has 7 heteroatoms. The van der Waals surface area contributed by atoms with Crippen molar-refractivity contribution >= 4 is 11.8 Å². The predicted molar refractivity (Wildman–Crippen MR) is 141 cm³/mol. The molecule has 3 aliphatic heterocycles. The molecule has 2 amide bonds. The third-order valence-corrected chi connectivity index (χ3v) is 9.01. The summed E-state index contributed by atoms with van der Waals surface area (Å²) in [4.78, 5) is 34.6. The number of ether oxygens (including phenoxy) is 2. The Morgan fingerprint density at radius 2 is 1.57 bits per heavy atom. The maximum absolute atomic E-state index is 14.4. The SMILES string of the molecule is COc1cc2c(cc1OC)C1C(C(=O)N3CCN(C4CCCCC4)CC3)c3ccccc3C(=O)N1CC2. The number of benzene rings is 2.